The molecular formula is C18H23F2N7O. The van der Waals surface area contributed by atoms with Crippen molar-refractivity contribution < 1.29 is 13.5 Å². The van der Waals surface area contributed by atoms with Crippen LogP contribution in [0.25, 0.3) is 11.0 Å². The molecule has 28 heavy (non-hydrogen) atoms. The second-order valence-corrected chi connectivity index (χ2v) is 6.81. The number of hydrogen-bond donors (Lipinski definition) is 3. The van der Waals surface area contributed by atoms with Crippen LogP contribution in [0, 0.1) is 6.92 Å². The first-order chi connectivity index (χ1) is 13.6. The summed E-state index contributed by atoms with van der Waals surface area (Å²) in [5, 5.41) is 11.3. The zero-order chi connectivity index (χ0) is 19.7. The van der Waals surface area contributed by atoms with Gasteiger partial charge in [0.25, 0.3) is 6.43 Å². The lowest BCUT2D eigenvalue weighted by molar-refractivity contribution is 0.0716. The summed E-state index contributed by atoms with van der Waals surface area (Å²) in [4.78, 5) is 12.0. The minimum atomic E-state index is -2.38. The van der Waals surface area contributed by atoms with E-state index < -0.39 is 12.5 Å². The number of H-pyrrole nitrogens is 1. The average Bonchev–Trinajstić information content (AvgIpc) is 3.29. The summed E-state index contributed by atoms with van der Waals surface area (Å²) in [6.07, 6.45) is 2.18. The third-order valence-electron chi connectivity index (χ3n) is 5.01. The van der Waals surface area contributed by atoms with Gasteiger partial charge in [0.1, 0.15) is 5.65 Å². The summed E-state index contributed by atoms with van der Waals surface area (Å²) in [7, 11) is 0. The quantitative estimate of drug-likeness (QED) is 0.598. The molecular weight excluding hydrogens is 368 g/mol. The van der Waals surface area contributed by atoms with Crippen LogP contribution in [0.15, 0.2) is 18.5 Å². The Labute approximate surface area is 160 Å². The number of aromatic nitrogens is 5. The van der Waals surface area contributed by atoms with Gasteiger partial charge in [-0.3, -0.25) is 4.68 Å². The number of rotatable bonds is 6. The third-order valence-corrected chi connectivity index (χ3v) is 5.01. The van der Waals surface area contributed by atoms with E-state index in [-0.39, 0.29) is 6.04 Å². The monoisotopic (exact) mass is 391 g/mol. The highest BCUT2D eigenvalue weighted by Crippen LogP contribution is 2.30. The summed E-state index contributed by atoms with van der Waals surface area (Å²) < 4.78 is 33.6. The van der Waals surface area contributed by atoms with Crippen molar-refractivity contribution in [2.75, 3.05) is 18.5 Å². The minimum absolute atomic E-state index is 0.0680. The lowest BCUT2D eigenvalue weighted by Gasteiger charge is -2.30. The van der Waals surface area contributed by atoms with Crippen LogP contribution in [0.4, 0.5) is 20.4 Å². The van der Waals surface area contributed by atoms with Gasteiger partial charge < -0.3 is 20.4 Å². The van der Waals surface area contributed by atoms with Crippen LogP contribution in [-0.4, -0.2) is 50.4 Å². The van der Waals surface area contributed by atoms with E-state index in [2.05, 4.69) is 30.7 Å². The maximum absolute atomic E-state index is 13.1. The molecule has 0 spiro atoms. The van der Waals surface area contributed by atoms with Gasteiger partial charge in [-0.15, -0.1) is 0 Å². The van der Waals surface area contributed by atoms with Crippen LogP contribution >= 0.6 is 0 Å². The Hall–Kier alpha value is -2.75. The summed E-state index contributed by atoms with van der Waals surface area (Å²) in [6.45, 7) is 4.85. The molecule has 1 fully saturated rings. The predicted molar refractivity (Wildman–Crippen MR) is 101 cm³/mol. The number of alkyl halides is 2. The van der Waals surface area contributed by atoms with Gasteiger partial charge in [0.15, 0.2) is 0 Å². The Morgan fingerprint density at radius 1 is 1.39 bits per heavy atom. The van der Waals surface area contributed by atoms with E-state index in [0.29, 0.717) is 37.0 Å². The maximum atomic E-state index is 13.1. The highest BCUT2D eigenvalue weighted by atomic mass is 19.3. The molecule has 3 aromatic rings. The lowest BCUT2D eigenvalue weighted by Crippen LogP contribution is -2.43. The Morgan fingerprint density at radius 3 is 3.04 bits per heavy atom. The Morgan fingerprint density at radius 2 is 2.25 bits per heavy atom. The molecule has 0 amide bonds. The van der Waals surface area contributed by atoms with Crippen molar-refractivity contribution in [1.29, 1.82) is 0 Å². The molecule has 0 saturated carbocycles. The first kappa shape index (κ1) is 18.6. The van der Waals surface area contributed by atoms with Gasteiger partial charge in [-0.2, -0.15) is 15.1 Å². The fraction of sp³-hybridized carbons (Fsp3) is 0.500. The van der Waals surface area contributed by atoms with Crippen LogP contribution in [0.2, 0.25) is 0 Å². The van der Waals surface area contributed by atoms with E-state index in [1.807, 2.05) is 24.6 Å². The lowest BCUT2D eigenvalue weighted by atomic mass is 9.99. The molecule has 0 aromatic carbocycles. The molecule has 4 rings (SSSR count). The number of halogens is 2. The highest BCUT2D eigenvalue weighted by molar-refractivity contribution is 5.82. The van der Waals surface area contributed by atoms with Crippen molar-refractivity contribution in [3.05, 3.63) is 24.2 Å². The number of anilines is 2. The zero-order valence-electron chi connectivity index (χ0n) is 15.7. The molecule has 3 N–H and O–H groups in total. The molecule has 150 valence electrons. The first-order valence-corrected chi connectivity index (χ1v) is 9.37. The van der Waals surface area contributed by atoms with Crippen LogP contribution in [0.1, 0.15) is 31.5 Å². The Bertz CT molecular complexity index is 955. The van der Waals surface area contributed by atoms with E-state index in [4.69, 9.17) is 4.74 Å². The summed E-state index contributed by atoms with van der Waals surface area (Å²) in [5.74, 6) is 0.885. The fourth-order valence-electron chi connectivity index (χ4n) is 3.59. The summed E-state index contributed by atoms with van der Waals surface area (Å²) >= 11 is 0. The van der Waals surface area contributed by atoms with Crippen LogP contribution in [0.5, 0.6) is 5.88 Å². The van der Waals surface area contributed by atoms with Gasteiger partial charge in [-0.25, -0.2) is 8.78 Å². The number of nitrogens with one attached hydrogen (secondary N) is 3. The van der Waals surface area contributed by atoms with Crippen molar-refractivity contribution in [2.45, 2.75) is 45.2 Å². The molecule has 10 heteroatoms. The van der Waals surface area contributed by atoms with Gasteiger partial charge in [0.2, 0.25) is 11.8 Å². The fourth-order valence-corrected chi connectivity index (χ4v) is 3.59. The third kappa shape index (κ3) is 3.51. The predicted octanol–water partition coefficient (Wildman–Crippen LogP) is 3.16. The molecule has 8 nitrogen and oxygen atoms in total. The van der Waals surface area contributed by atoms with E-state index in [0.717, 1.165) is 23.2 Å². The number of aromatic amines is 1. The van der Waals surface area contributed by atoms with Crippen LogP contribution < -0.4 is 15.4 Å². The van der Waals surface area contributed by atoms with E-state index in [1.165, 1.54) is 0 Å². The molecule has 2 atom stereocenters. The van der Waals surface area contributed by atoms with Crippen LogP contribution in [-0.2, 0) is 0 Å². The zero-order valence-corrected chi connectivity index (χ0v) is 15.7. The second kappa shape index (κ2) is 7.70. The van der Waals surface area contributed by atoms with E-state index >= 15 is 0 Å². The summed E-state index contributed by atoms with van der Waals surface area (Å²) in [6, 6.07) is 0.997. The van der Waals surface area contributed by atoms with Crippen molar-refractivity contribution >= 4 is 22.7 Å². The normalized spacial score (nSPS) is 20.0. The molecule has 1 aliphatic heterocycles. The number of hydrogen-bond acceptors (Lipinski definition) is 6. The number of nitrogens with zero attached hydrogens (tertiary/aromatic N) is 4. The molecule has 0 radical (unpaired) electrons. The topological polar surface area (TPSA) is 92.7 Å². The maximum Gasteiger partial charge on any atom is 0.253 e. The van der Waals surface area contributed by atoms with E-state index in [1.54, 1.807) is 12.4 Å². The van der Waals surface area contributed by atoms with Crippen molar-refractivity contribution in [1.82, 2.24) is 30.0 Å². The molecule has 1 unspecified atom stereocenters. The van der Waals surface area contributed by atoms with Crippen molar-refractivity contribution in [3.63, 3.8) is 0 Å². The first-order valence-electron chi connectivity index (χ1n) is 9.37. The largest absolute Gasteiger partial charge is 0.477 e. The highest BCUT2D eigenvalue weighted by Gasteiger charge is 2.30. The molecule has 4 heterocycles. The second-order valence-electron chi connectivity index (χ2n) is 6.81. The SMILES string of the molecule is CCOc1nc(Nc2cnn([C@@H]3CCNC(C(F)F)C3)c2C)nc2[nH]ccc12. The molecule has 0 aliphatic carbocycles. The molecule has 1 saturated heterocycles. The van der Waals surface area contributed by atoms with E-state index in [9.17, 15) is 8.78 Å². The number of ether oxygens (including phenoxy) is 1. The van der Waals surface area contributed by atoms with Crippen molar-refractivity contribution in [3.8, 4) is 5.88 Å². The standard InChI is InChI=1S/C18H23F2N7O/c1-3-28-17-12-5-7-22-16(12)25-18(26-17)24-14-9-23-27(10(14)2)11-4-6-21-13(8-11)15(19)20/h5,7,9,11,13,15,21H,3-4,6,8H2,1-2H3,(H2,22,24,25,26)/t11-,13?/m1/s1. The number of fused-ring (bicyclic) bond motifs is 1. The molecule has 1 aliphatic rings. The van der Waals surface area contributed by atoms with Gasteiger partial charge in [0, 0.05) is 6.20 Å². The van der Waals surface area contributed by atoms with Gasteiger partial charge in [-0.1, -0.05) is 0 Å². The van der Waals surface area contributed by atoms with Gasteiger partial charge >= 0.3 is 0 Å². The van der Waals surface area contributed by atoms with Gasteiger partial charge in [0.05, 0.1) is 41.7 Å². The van der Waals surface area contributed by atoms with Crippen molar-refractivity contribution in [2.24, 2.45) is 0 Å². The summed E-state index contributed by atoms with van der Waals surface area (Å²) in [5.41, 5.74) is 2.26. The molecule has 3 aromatic heterocycles. The molecule has 0 bridgehead atoms. The smallest absolute Gasteiger partial charge is 0.253 e. The number of piperidine rings is 1. The Balaban J connectivity index is 1.57. The van der Waals surface area contributed by atoms with Gasteiger partial charge in [-0.05, 0) is 39.3 Å². The Kier molecular flexibility index (Phi) is 5.12. The minimum Gasteiger partial charge on any atom is -0.477 e. The average molecular weight is 391 g/mol. The van der Waals surface area contributed by atoms with Crippen LogP contribution in [0.3, 0.4) is 0 Å².